The van der Waals surface area contributed by atoms with Crippen LogP contribution in [0.15, 0.2) is 84.9 Å². The number of aryl methyl sites for hydroxylation is 1. The Bertz CT molecular complexity index is 1830. The van der Waals surface area contributed by atoms with E-state index in [-0.39, 0.29) is 6.54 Å². The SMILES string of the molecule is COc1ccc(CNC(=O)NC(=O)C(C)(C)[C@H]2c3ccccc3Oc3nc(-c4ccc(-n5nnnc5C)cc4)ccc32)cc1. The standard InChI is InChI=1S/C33H31N7O4/c1-20-37-38-39-40(20)23-13-11-22(12-14-23)27-18-17-26-29(25-7-5-6-8-28(25)44-30(26)35-27)33(2,3)31(41)36-32(42)34-19-21-9-15-24(43-4)16-10-21/h5-18,29H,19H2,1-4H3,(H2,34,36,41,42)/t29-/m0/s1. The fourth-order valence-corrected chi connectivity index (χ4v) is 5.38. The third-order valence-corrected chi connectivity index (χ3v) is 7.82. The first kappa shape index (κ1) is 28.5. The number of rotatable bonds is 7. The molecule has 222 valence electrons. The Labute approximate surface area is 254 Å². The topological polar surface area (TPSA) is 133 Å². The molecule has 0 aliphatic carbocycles. The van der Waals surface area contributed by atoms with Crippen LogP contribution in [0.25, 0.3) is 16.9 Å². The van der Waals surface area contributed by atoms with Crippen molar-refractivity contribution >= 4 is 11.9 Å². The maximum atomic E-state index is 13.7. The molecule has 1 atom stereocenters. The van der Waals surface area contributed by atoms with Crippen LogP contribution < -0.4 is 20.1 Å². The predicted octanol–water partition coefficient (Wildman–Crippen LogP) is 5.33. The van der Waals surface area contributed by atoms with Gasteiger partial charge in [0.15, 0.2) is 5.82 Å². The van der Waals surface area contributed by atoms with Crippen molar-refractivity contribution in [3.63, 3.8) is 0 Å². The van der Waals surface area contributed by atoms with Gasteiger partial charge in [-0.15, -0.1) is 5.10 Å². The maximum Gasteiger partial charge on any atom is 0.321 e. The molecule has 1 aliphatic heterocycles. The first-order valence-electron chi connectivity index (χ1n) is 14.1. The highest BCUT2D eigenvalue weighted by atomic mass is 16.5. The van der Waals surface area contributed by atoms with Gasteiger partial charge in [-0.05, 0) is 59.3 Å². The molecule has 2 N–H and O–H groups in total. The number of methoxy groups -OCH3 is 1. The molecule has 2 aromatic heterocycles. The summed E-state index contributed by atoms with van der Waals surface area (Å²) >= 11 is 0. The fraction of sp³-hybridized carbons (Fsp3) is 0.212. The molecule has 3 aromatic carbocycles. The molecule has 11 nitrogen and oxygen atoms in total. The van der Waals surface area contributed by atoms with Crippen molar-refractivity contribution in [2.24, 2.45) is 5.41 Å². The van der Waals surface area contributed by atoms with Gasteiger partial charge in [-0.1, -0.05) is 62.4 Å². The molecule has 1 aliphatic rings. The number of imide groups is 1. The van der Waals surface area contributed by atoms with E-state index in [0.717, 1.165) is 33.7 Å². The fourth-order valence-electron chi connectivity index (χ4n) is 5.38. The Balaban J connectivity index is 1.24. The average molecular weight is 590 g/mol. The number of nitrogens with one attached hydrogen (secondary N) is 2. The summed E-state index contributed by atoms with van der Waals surface area (Å²) in [7, 11) is 1.59. The smallest absolute Gasteiger partial charge is 0.321 e. The number of ether oxygens (including phenoxy) is 2. The molecular weight excluding hydrogens is 558 g/mol. The molecule has 0 unspecified atom stereocenters. The lowest BCUT2D eigenvalue weighted by molar-refractivity contribution is -0.128. The second kappa shape index (κ2) is 11.6. The Kier molecular flexibility index (Phi) is 7.52. The van der Waals surface area contributed by atoms with Gasteiger partial charge < -0.3 is 14.8 Å². The van der Waals surface area contributed by atoms with Gasteiger partial charge in [0.2, 0.25) is 11.8 Å². The van der Waals surface area contributed by atoms with Crippen molar-refractivity contribution < 1.29 is 19.1 Å². The number of hydrogen-bond acceptors (Lipinski definition) is 8. The van der Waals surface area contributed by atoms with Gasteiger partial charge in [-0.25, -0.2) is 9.78 Å². The number of carbonyl (C=O) groups excluding carboxylic acids is 2. The number of benzene rings is 3. The molecule has 0 spiro atoms. The summed E-state index contributed by atoms with van der Waals surface area (Å²) in [5, 5.41) is 17.0. The number of para-hydroxylation sites is 1. The maximum absolute atomic E-state index is 13.7. The largest absolute Gasteiger partial charge is 0.497 e. The van der Waals surface area contributed by atoms with Crippen LogP contribution in [0.4, 0.5) is 4.79 Å². The van der Waals surface area contributed by atoms with E-state index in [1.54, 1.807) is 11.8 Å². The van der Waals surface area contributed by atoms with E-state index in [9.17, 15) is 9.59 Å². The Morgan fingerprint density at radius 1 is 0.955 bits per heavy atom. The molecule has 0 saturated carbocycles. The predicted molar refractivity (Wildman–Crippen MR) is 163 cm³/mol. The number of hydrogen-bond donors (Lipinski definition) is 2. The highest BCUT2D eigenvalue weighted by Crippen LogP contribution is 2.51. The number of aromatic nitrogens is 5. The van der Waals surface area contributed by atoms with E-state index in [0.29, 0.717) is 23.1 Å². The number of fused-ring (bicyclic) bond motifs is 2. The molecule has 3 amide bonds. The lowest BCUT2D eigenvalue weighted by atomic mass is 9.69. The quantitative estimate of drug-likeness (QED) is 0.260. The molecule has 44 heavy (non-hydrogen) atoms. The zero-order valence-electron chi connectivity index (χ0n) is 24.7. The summed E-state index contributed by atoms with van der Waals surface area (Å²) in [6, 6.07) is 25.9. The van der Waals surface area contributed by atoms with Crippen LogP contribution in [0, 0.1) is 12.3 Å². The van der Waals surface area contributed by atoms with Gasteiger partial charge in [0.1, 0.15) is 11.5 Å². The number of tetrazole rings is 1. The second-order valence-corrected chi connectivity index (χ2v) is 11.1. The van der Waals surface area contributed by atoms with E-state index in [2.05, 4.69) is 26.2 Å². The number of pyridine rings is 1. The summed E-state index contributed by atoms with van der Waals surface area (Å²) in [5.74, 6) is 1.59. The monoisotopic (exact) mass is 589 g/mol. The summed E-state index contributed by atoms with van der Waals surface area (Å²) in [6.07, 6.45) is 0. The zero-order chi connectivity index (χ0) is 30.8. The summed E-state index contributed by atoms with van der Waals surface area (Å²) in [6.45, 7) is 5.74. The van der Waals surface area contributed by atoms with Crippen molar-refractivity contribution in [2.75, 3.05) is 7.11 Å². The third-order valence-electron chi connectivity index (χ3n) is 7.82. The van der Waals surface area contributed by atoms with E-state index < -0.39 is 23.3 Å². The number of urea groups is 1. The number of amides is 3. The van der Waals surface area contributed by atoms with Gasteiger partial charge in [0.25, 0.3) is 0 Å². The Morgan fingerprint density at radius 2 is 1.70 bits per heavy atom. The Hall–Kier alpha value is -5.58. The molecule has 3 heterocycles. The number of carbonyl (C=O) groups is 2. The van der Waals surface area contributed by atoms with Crippen molar-refractivity contribution in [1.82, 2.24) is 35.8 Å². The van der Waals surface area contributed by atoms with Crippen molar-refractivity contribution in [3.05, 3.63) is 107 Å². The van der Waals surface area contributed by atoms with Gasteiger partial charge >= 0.3 is 6.03 Å². The zero-order valence-corrected chi connectivity index (χ0v) is 24.7. The lowest BCUT2D eigenvalue weighted by Crippen LogP contribution is -2.48. The first-order valence-corrected chi connectivity index (χ1v) is 14.1. The van der Waals surface area contributed by atoms with E-state index in [1.165, 1.54) is 0 Å². The van der Waals surface area contributed by atoms with Gasteiger partial charge in [-0.2, -0.15) is 4.68 Å². The van der Waals surface area contributed by atoms with Crippen molar-refractivity contribution in [1.29, 1.82) is 0 Å². The van der Waals surface area contributed by atoms with Crippen LogP contribution in [-0.2, 0) is 11.3 Å². The van der Waals surface area contributed by atoms with Gasteiger partial charge in [0, 0.05) is 29.2 Å². The minimum Gasteiger partial charge on any atom is -0.497 e. The highest BCUT2D eigenvalue weighted by Gasteiger charge is 2.44. The molecular formula is C33H31N7O4. The van der Waals surface area contributed by atoms with Crippen LogP contribution in [0.3, 0.4) is 0 Å². The lowest BCUT2D eigenvalue weighted by Gasteiger charge is -2.37. The van der Waals surface area contributed by atoms with E-state index in [1.807, 2.05) is 106 Å². The molecule has 6 rings (SSSR count). The second-order valence-electron chi connectivity index (χ2n) is 11.1. The van der Waals surface area contributed by atoms with E-state index >= 15 is 0 Å². The normalized spacial score (nSPS) is 13.7. The van der Waals surface area contributed by atoms with Crippen LogP contribution in [0.1, 0.15) is 42.3 Å². The van der Waals surface area contributed by atoms with Crippen LogP contribution >= 0.6 is 0 Å². The minimum absolute atomic E-state index is 0.259. The van der Waals surface area contributed by atoms with Crippen LogP contribution in [0.2, 0.25) is 0 Å². The van der Waals surface area contributed by atoms with Gasteiger partial charge in [-0.3, -0.25) is 10.1 Å². The molecule has 0 bridgehead atoms. The van der Waals surface area contributed by atoms with Crippen molar-refractivity contribution in [2.45, 2.75) is 33.2 Å². The molecule has 5 aromatic rings. The molecule has 0 saturated heterocycles. The van der Waals surface area contributed by atoms with E-state index in [4.69, 9.17) is 14.5 Å². The molecule has 0 radical (unpaired) electrons. The highest BCUT2D eigenvalue weighted by molar-refractivity contribution is 5.98. The third kappa shape index (κ3) is 5.47. The van der Waals surface area contributed by atoms with Gasteiger partial charge in [0.05, 0.1) is 23.9 Å². The summed E-state index contributed by atoms with van der Waals surface area (Å²) in [4.78, 5) is 31.3. The average Bonchev–Trinajstić information content (AvgIpc) is 3.48. The molecule has 11 heteroatoms. The Morgan fingerprint density at radius 3 is 2.41 bits per heavy atom. The van der Waals surface area contributed by atoms with Crippen LogP contribution in [0.5, 0.6) is 17.4 Å². The minimum atomic E-state index is -1.04. The van der Waals surface area contributed by atoms with Crippen LogP contribution in [-0.4, -0.2) is 44.2 Å². The summed E-state index contributed by atoms with van der Waals surface area (Å²) < 4.78 is 13.1. The molecule has 0 fully saturated rings. The first-order chi connectivity index (χ1) is 21.2. The number of nitrogens with zero attached hydrogens (tertiary/aromatic N) is 5. The summed E-state index contributed by atoms with van der Waals surface area (Å²) in [5.41, 5.74) is 3.86. The van der Waals surface area contributed by atoms with Crippen molar-refractivity contribution in [3.8, 4) is 34.3 Å².